The maximum atomic E-state index is 5.36. The van der Waals surface area contributed by atoms with Crippen LogP contribution in [0.15, 0.2) is 25.3 Å². The highest BCUT2D eigenvalue weighted by atomic mass is 16.5. The number of nitrogens with two attached hydrogens (primary N) is 1. The van der Waals surface area contributed by atoms with Crippen molar-refractivity contribution in [3.05, 3.63) is 25.3 Å². The summed E-state index contributed by atoms with van der Waals surface area (Å²) in [4.78, 5) is 0. The lowest BCUT2D eigenvalue weighted by Gasteiger charge is -2.15. The fourth-order valence-corrected chi connectivity index (χ4v) is 0.784. The quantitative estimate of drug-likeness (QED) is 0.234. The lowest BCUT2D eigenvalue weighted by molar-refractivity contribution is 0.00302. The molecule has 0 spiro atoms. The normalized spacial score (nSPS) is 12.4. The van der Waals surface area contributed by atoms with E-state index < -0.39 is 0 Å². The first-order chi connectivity index (χ1) is 6.35. The van der Waals surface area contributed by atoms with Gasteiger partial charge in [0.1, 0.15) is 0 Å². The fourth-order valence-electron chi connectivity index (χ4n) is 0.784. The van der Waals surface area contributed by atoms with Crippen LogP contribution in [0, 0.1) is 0 Å². The topological polar surface area (TPSA) is 56.5 Å². The highest BCUT2D eigenvalue weighted by Gasteiger charge is 2.06. The lowest BCUT2D eigenvalue weighted by Crippen LogP contribution is -2.36. The lowest BCUT2D eigenvalue weighted by atomic mass is 10.4. The Labute approximate surface area is 79.4 Å². The minimum atomic E-state index is -0.0389. The van der Waals surface area contributed by atoms with Gasteiger partial charge >= 0.3 is 0 Å². The molecule has 0 saturated heterocycles. The Kier molecular flexibility index (Phi) is 8.92. The van der Waals surface area contributed by atoms with Crippen LogP contribution in [-0.4, -0.2) is 32.5 Å². The molecule has 0 aliphatic carbocycles. The molecule has 0 bridgehead atoms. The summed E-state index contributed by atoms with van der Waals surface area (Å²) in [7, 11) is 0. The average Bonchev–Trinajstić information content (AvgIpc) is 2.14. The van der Waals surface area contributed by atoms with Gasteiger partial charge in [-0.25, -0.2) is 0 Å². The van der Waals surface area contributed by atoms with Crippen LogP contribution >= 0.6 is 0 Å². The standard InChI is InChI=1S/C9H18N2O2/c1-3-5-12-8-9(7-11-10)13-6-4-2/h3-4,9,11H,1-2,5-8,10H2. The van der Waals surface area contributed by atoms with Crippen LogP contribution in [0.1, 0.15) is 0 Å². The summed E-state index contributed by atoms with van der Waals surface area (Å²) < 4.78 is 10.6. The Morgan fingerprint density at radius 3 is 2.54 bits per heavy atom. The molecular weight excluding hydrogens is 168 g/mol. The highest BCUT2D eigenvalue weighted by Crippen LogP contribution is 1.92. The summed E-state index contributed by atoms with van der Waals surface area (Å²) in [6.07, 6.45) is 3.35. The molecular formula is C9H18N2O2. The van der Waals surface area contributed by atoms with Crippen LogP contribution in [0.4, 0.5) is 0 Å². The molecule has 0 aromatic heterocycles. The molecule has 1 atom stereocenters. The van der Waals surface area contributed by atoms with Gasteiger partial charge in [-0.1, -0.05) is 12.2 Å². The smallest absolute Gasteiger partial charge is 0.0950 e. The van der Waals surface area contributed by atoms with Crippen molar-refractivity contribution in [2.45, 2.75) is 6.10 Å². The Morgan fingerprint density at radius 1 is 1.31 bits per heavy atom. The summed E-state index contributed by atoms with van der Waals surface area (Å²) in [6, 6.07) is 0. The molecule has 0 heterocycles. The Balaban J connectivity index is 3.52. The molecule has 0 aliphatic rings. The number of hydrogen-bond acceptors (Lipinski definition) is 4. The van der Waals surface area contributed by atoms with Crippen molar-refractivity contribution in [2.24, 2.45) is 5.84 Å². The first-order valence-electron chi connectivity index (χ1n) is 4.19. The van der Waals surface area contributed by atoms with E-state index in [9.17, 15) is 0 Å². The molecule has 3 N–H and O–H groups in total. The van der Waals surface area contributed by atoms with Crippen molar-refractivity contribution < 1.29 is 9.47 Å². The van der Waals surface area contributed by atoms with Crippen molar-refractivity contribution in [1.82, 2.24) is 5.43 Å². The van der Waals surface area contributed by atoms with Gasteiger partial charge in [0.2, 0.25) is 0 Å². The molecule has 0 aliphatic heterocycles. The average molecular weight is 186 g/mol. The number of ether oxygens (including phenoxy) is 2. The zero-order valence-electron chi connectivity index (χ0n) is 7.87. The number of nitrogens with one attached hydrogen (secondary N) is 1. The van der Waals surface area contributed by atoms with E-state index in [2.05, 4.69) is 18.6 Å². The van der Waals surface area contributed by atoms with Gasteiger partial charge in [-0.2, -0.15) is 0 Å². The Hall–Kier alpha value is -0.680. The molecule has 0 amide bonds. The summed E-state index contributed by atoms with van der Waals surface area (Å²) in [5.41, 5.74) is 2.54. The van der Waals surface area contributed by atoms with E-state index in [0.717, 1.165) is 0 Å². The van der Waals surface area contributed by atoms with E-state index in [1.165, 1.54) is 0 Å². The number of hydrazine groups is 1. The van der Waals surface area contributed by atoms with Gasteiger partial charge in [-0.15, -0.1) is 13.2 Å². The summed E-state index contributed by atoms with van der Waals surface area (Å²) in [5, 5.41) is 0. The van der Waals surface area contributed by atoms with Crippen molar-refractivity contribution in [3.8, 4) is 0 Å². The molecule has 0 aromatic rings. The Bertz CT molecular complexity index is 140. The predicted octanol–water partition coefficient (Wildman–Crippen LogP) is 0.224. The minimum Gasteiger partial charge on any atom is -0.375 e. The van der Waals surface area contributed by atoms with E-state index in [-0.39, 0.29) is 6.10 Å². The second-order valence-electron chi connectivity index (χ2n) is 2.48. The minimum absolute atomic E-state index is 0.0389. The second-order valence-corrected chi connectivity index (χ2v) is 2.48. The van der Waals surface area contributed by atoms with Crippen molar-refractivity contribution >= 4 is 0 Å². The van der Waals surface area contributed by atoms with E-state index in [0.29, 0.717) is 26.4 Å². The molecule has 0 rings (SSSR count). The molecule has 0 fully saturated rings. The molecule has 4 heteroatoms. The summed E-state index contributed by atoms with van der Waals surface area (Å²) in [6.45, 7) is 9.19. The van der Waals surface area contributed by atoms with E-state index in [1.807, 2.05) is 0 Å². The molecule has 0 aromatic carbocycles. The Morgan fingerprint density at radius 2 is 2.00 bits per heavy atom. The van der Waals surface area contributed by atoms with Crippen LogP contribution in [0.5, 0.6) is 0 Å². The highest BCUT2D eigenvalue weighted by molar-refractivity contribution is 4.69. The number of rotatable bonds is 9. The van der Waals surface area contributed by atoms with Gasteiger partial charge in [0, 0.05) is 6.54 Å². The van der Waals surface area contributed by atoms with Crippen molar-refractivity contribution in [1.29, 1.82) is 0 Å². The van der Waals surface area contributed by atoms with Crippen LogP contribution in [-0.2, 0) is 9.47 Å². The summed E-state index contributed by atoms with van der Waals surface area (Å²) >= 11 is 0. The van der Waals surface area contributed by atoms with E-state index >= 15 is 0 Å². The molecule has 13 heavy (non-hydrogen) atoms. The van der Waals surface area contributed by atoms with Crippen LogP contribution in [0.3, 0.4) is 0 Å². The van der Waals surface area contributed by atoms with E-state index in [1.54, 1.807) is 12.2 Å². The maximum Gasteiger partial charge on any atom is 0.0950 e. The third kappa shape index (κ3) is 7.67. The second kappa shape index (κ2) is 9.41. The van der Waals surface area contributed by atoms with Gasteiger partial charge in [0.25, 0.3) is 0 Å². The van der Waals surface area contributed by atoms with Gasteiger partial charge in [0.05, 0.1) is 25.9 Å². The molecule has 4 nitrogen and oxygen atoms in total. The molecule has 0 saturated carbocycles. The first kappa shape index (κ1) is 12.3. The predicted molar refractivity (Wildman–Crippen MR) is 53.1 cm³/mol. The monoisotopic (exact) mass is 186 g/mol. The van der Waals surface area contributed by atoms with Gasteiger partial charge < -0.3 is 9.47 Å². The molecule has 76 valence electrons. The van der Waals surface area contributed by atoms with Gasteiger partial charge in [-0.3, -0.25) is 11.3 Å². The van der Waals surface area contributed by atoms with Crippen LogP contribution in [0.25, 0.3) is 0 Å². The van der Waals surface area contributed by atoms with Gasteiger partial charge in [0.15, 0.2) is 0 Å². The maximum absolute atomic E-state index is 5.36. The van der Waals surface area contributed by atoms with Crippen LogP contribution < -0.4 is 11.3 Å². The molecule has 1 unspecified atom stereocenters. The van der Waals surface area contributed by atoms with E-state index in [4.69, 9.17) is 15.3 Å². The summed E-state index contributed by atoms with van der Waals surface area (Å²) in [5.74, 6) is 5.17. The van der Waals surface area contributed by atoms with Crippen molar-refractivity contribution in [2.75, 3.05) is 26.4 Å². The fraction of sp³-hybridized carbons (Fsp3) is 0.556. The zero-order chi connectivity index (χ0) is 9.94. The van der Waals surface area contributed by atoms with Crippen molar-refractivity contribution in [3.63, 3.8) is 0 Å². The molecule has 0 radical (unpaired) electrons. The van der Waals surface area contributed by atoms with Gasteiger partial charge in [-0.05, 0) is 0 Å². The SMILES string of the molecule is C=CCOCC(CNN)OCC=C. The third-order valence-corrected chi connectivity index (χ3v) is 1.33. The third-order valence-electron chi connectivity index (χ3n) is 1.33. The number of hydrogen-bond donors (Lipinski definition) is 2. The largest absolute Gasteiger partial charge is 0.375 e. The van der Waals surface area contributed by atoms with Crippen LogP contribution in [0.2, 0.25) is 0 Å². The zero-order valence-corrected chi connectivity index (χ0v) is 7.87. The first-order valence-corrected chi connectivity index (χ1v) is 4.19.